The molecule has 0 radical (unpaired) electrons. The third-order valence-corrected chi connectivity index (χ3v) is 2.63. The lowest BCUT2D eigenvalue weighted by Gasteiger charge is -2.29. The molecule has 0 aromatic carbocycles. The highest BCUT2D eigenvalue weighted by molar-refractivity contribution is 5.15. The summed E-state index contributed by atoms with van der Waals surface area (Å²) in [5.74, 6) is 7.73. The molecule has 0 spiro atoms. The van der Waals surface area contributed by atoms with E-state index in [-0.39, 0.29) is 10.8 Å². The Hall–Kier alpha value is -0.440. The molecule has 0 nitrogen and oxygen atoms in total. The molecule has 0 aliphatic heterocycles. The Morgan fingerprint density at radius 1 is 0.765 bits per heavy atom. The first-order valence-corrected chi connectivity index (χ1v) is 6.87. The molecule has 0 atom stereocenters. The van der Waals surface area contributed by atoms with Crippen molar-refractivity contribution in [3.05, 3.63) is 0 Å². The van der Waals surface area contributed by atoms with Crippen molar-refractivity contribution in [3.8, 4) is 11.8 Å². The molecule has 0 heterocycles. The van der Waals surface area contributed by atoms with E-state index in [2.05, 4.69) is 74.2 Å². The van der Waals surface area contributed by atoms with E-state index in [0.717, 1.165) is 6.42 Å². The van der Waals surface area contributed by atoms with E-state index < -0.39 is 0 Å². The second kappa shape index (κ2) is 5.47. The van der Waals surface area contributed by atoms with E-state index >= 15 is 0 Å². The van der Waals surface area contributed by atoms with Gasteiger partial charge in [-0.05, 0) is 51.9 Å². The summed E-state index contributed by atoms with van der Waals surface area (Å²) in [4.78, 5) is 0. The fourth-order valence-corrected chi connectivity index (χ4v) is 2.78. The van der Waals surface area contributed by atoms with E-state index in [0.29, 0.717) is 11.3 Å². The minimum Gasteiger partial charge on any atom is -0.0965 e. The molecule has 0 heteroatoms. The summed E-state index contributed by atoms with van der Waals surface area (Å²) in [6.07, 6.45) is 2.32. The Kier molecular flexibility index (Phi) is 5.33. The maximum absolute atomic E-state index is 3.51. The lowest BCUT2D eigenvalue weighted by Crippen LogP contribution is -2.20. The quantitative estimate of drug-likeness (QED) is 0.566. The molecule has 0 saturated carbocycles. The van der Waals surface area contributed by atoms with Crippen LogP contribution >= 0.6 is 0 Å². The largest absolute Gasteiger partial charge is 0.0965 e. The van der Waals surface area contributed by atoms with Crippen LogP contribution in [0.3, 0.4) is 0 Å². The van der Waals surface area contributed by atoms with Crippen molar-refractivity contribution >= 4 is 0 Å². The van der Waals surface area contributed by atoms with Crippen molar-refractivity contribution in [2.45, 2.75) is 75.2 Å². The van der Waals surface area contributed by atoms with E-state index in [4.69, 9.17) is 0 Å². The summed E-state index contributed by atoms with van der Waals surface area (Å²) >= 11 is 0. The van der Waals surface area contributed by atoms with E-state index in [1.807, 2.05) is 0 Å². The van der Waals surface area contributed by atoms with Crippen molar-refractivity contribution in [1.82, 2.24) is 0 Å². The standard InChI is InChI=1S/C17H32/c1-14(2)12-16(6,7)10-11-17(8,9)13-15(3,4)5/h14H,12-13H2,1-9H3. The van der Waals surface area contributed by atoms with E-state index in [1.54, 1.807) is 0 Å². The van der Waals surface area contributed by atoms with E-state index in [9.17, 15) is 0 Å². The predicted octanol–water partition coefficient (Wildman–Crippen LogP) is 5.52. The molecule has 0 fully saturated rings. The smallest absolute Gasteiger partial charge is 0.0263 e. The predicted molar refractivity (Wildman–Crippen MR) is 78.9 cm³/mol. The first-order valence-electron chi connectivity index (χ1n) is 6.87. The monoisotopic (exact) mass is 236 g/mol. The van der Waals surface area contributed by atoms with Crippen molar-refractivity contribution in [3.63, 3.8) is 0 Å². The van der Waals surface area contributed by atoms with Crippen LogP contribution in [0.25, 0.3) is 0 Å². The van der Waals surface area contributed by atoms with Crippen LogP contribution in [0.1, 0.15) is 75.2 Å². The van der Waals surface area contributed by atoms with Crippen molar-refractivity contribution in [1.29, 1.82) is 0 Å². The number of hydrogen-bond donors (Lipinski definition) is 0. The Labute approximate surface area is 110 Å². The van der Waals surface area contributed by atoms with Crippen molar-refractivity contribution < 1.29 is 0 Å². The highest BCUT2D eigenvalue weighted by Crippen LogP contribution is 2.33. The van der Waals surface area contributed by atoms with Crippen LogP contribution in [0.15, 0.2) is 0 Å². The summed E-state index contributed by atoms with van der Waals surface area (Å²) in [6.45, 7) is 20.4. The van der Waals surface area contributed by atoms with Gasteiger partial charge in [0, 0.05) is 10.8 Å². The molecule has 0 unspecified atom stereocenters. The van der Waals surface area contributed by atoms with Crippen LogP contribution in [0.2, 0.25) is 0 Å². The van der Waals surface area contributed by atoms with Crippen LogP contribution < -0.4 is 0 Å². The molecule has 0 rings (SSSR count). The molecule has 0 N–H and O–H groups in total. The average Bonchev–Trinajstić information content (AvgIpc) is 1.94. The second-order valence-electron chi connectivity index (χ2n) is 8.35. The molecular weight excluding hydrogens is 204 g/mol. The molecule has 0 aromatic rings. The molecule has 0 aliphatic rings. The lowest BCUT2D eigenvalue weighted by molar-refractivity contribution is 0.269. The maximum Gasteiger partial charge on any atom is 0.0263 e. The second-order valence-corrected chi connectivity index (χ2v) is 8.35. The van der Waals surface area contributed by atoms with Gasteiger partial charge in [-0.1, -0.05) is 46.5 Å². The average molecular weight is 236 g/mol. The van der Waals surface area contributed by atoms with Crippen molar-refractivity contribution in [2.24, 2.45) is 22.2 Å². The molecule has 0 saturated heterocycles. The van der Waals surface area contributed by atoms with Gasteiger partial charge in [0.25, 0.3) is 0 Å². The van der Waals surface area contributed by atoms with Gasteiger partial charge in [0.2, 0.25) is 0 Å². The van der Waals surface area contributed by atoms with Gasteiger partial charge in [0.1, 0.15) is 0 Å². The Morgan fingerprint density at radius 2 is 1.18 bits per heavy atom. The van der Waals surface area contributed by atoms with Gasteiger partial charge in [-0.3, -0.25) is 0 Å². The van der Waals surface area contributed by atoms with Crippen LogP contribution in [-0.4, -0.2) is 0 Å². The zero-order valence-corrected chi connectivity index (χ0v) is 13.5. The minimum absolute atomic E-state index is 0.118. The fraction of sp³-hybridized carbons (Fsp3) is 0.882. The summed E-state index contributed by atoms with van der Waals surface area (Å²) in [5, 5.41) is 0. The van der Waals surface area contributed by atoms with Gasteiger partial charge in [0.15, 0.2) is 0 Å². The molecule has 0 amide bonds. The summed E-state index contributed by atoms with van der Waals surface area (Å²) in [7, 11) is 0. The Balaban J connectivity index is 4.71. The van der Waals surface area contributed by atoms with Gasteiger partial charge < -0.3 is 0 Å². The summed E-state index contributed by atoms with van der Waals surface area (Å²) in [6, 6.07) is 0. The van der Waals surface area contributed by atoms with Crippen LogP contribution in [0, 0.1) is 34.0 Å². The summed E-state index contributed by atoms with van der Waals surface area (Å²) in [5.41, 5.74) is 0.607. The van der Waals surface area contributed by atoms with Gasteiger partial charge >= 0.3 is 0 Å². The molecule has 0 aliphatic carbocycles. The SMILES string of the molecule is CC(C)CC(C)(C)C#CC(C)(C)CC(C)(C)C. The molecule has 0 bridgehead atoms. The highest BCUT2D eigenvalue weighted by atomic mass is 14.3. The fourth-order valence-electron chi connectivity index (χ4n) is 2.78. The summed E-state index contributed by atoms with van der Waals surface area (Å²) < 4.78 is 0. The first-order chi connectivity index (χ1) is 7.33. The van der Waals surface area contributed by atoms with Crippen molar-refractivity contribution in [2.75, 3.05) is 0 Å². The van der Waals surface area contributed by atoms with Crippen LogP contribution in [-0.2, 0) is 0 Å². The molecule has 100 valence electrons. The van der Waals surface area contributed by atoms with Gasteiger partial charge in [-0.2, -0.15) is 0 Å². The zero-order valence-electron chi connectivity index (χ0n) is 13.5. The molecular formula is C17H32. The third kappa shape index (κ3) is 9.28. The topological polar surface area (TPSA) is 0 Å². The van der Waals surface area contributed by atoms with Crippen LogP contribution in [0.5, 0.6) is 0 Å². The molecule has 0 aromatic heterocycles. The van der Waals surface area contributed by atoms with E-state index in [1.165, 1.54) is 6.42 Å². The van der Waals surface area contributed by atoms with Crippen LogP contribution in [0.4, 0.5) is 0 Å². The zero-order chi connectivity index (χ0) is 13.9. The Morgan fingerprint density at radius 3 is 1.53 bits per heavy atom. The molecule has 17 heavy (non-hydrogen) atoms. The number of rotatable bonds is 3. The minimum atomic E-state index is 0.118. The third-order valence-electron chi connectivity index (χ3n) is 2.63. The highest BCUT2D eigenvalue weighted by Gasteiger charge is 2.24. The van der Waals surface area contributed by atoms with Gasteiger partial charge in [-0.15, -0.1) is 0 Å². The Bertz CT molecular complexity index is 286. The van der Waals surface area contributed by atoms with Gasteiger partial charge in [0.05, 0.1) is 0 Å². The van der Waals surface area contributed by atoms with Gasteiger partial charge in [-0.25, -0.2) is 0 Å². The maximum atomic E-state index is 3.51. The number of hydrogen-bond acceptors (Lipinski definition) is 0. The lowest BCUT2D eigenvalue weighted by atomic mass is 9.75. The normalized spacial score (nSPS) is 13.5. The first kappa shape index (κ1) is 16.6.